The molecule has 2 aromatic rings. The summed E-state index contributed by atoms with van der Waals surface area (Å²) in [6.07, 6.45) is 10.4. The van der Waals surface area contributed by atoms with Crippen LogP contribution in [0.15, 0.2) is 18.3 Å². The highest BCUT2D eigenvalue weighted by molar-refractivity contribution is 6.08. The SMILES string of the molecule is CCC(=O)[C@@H]1C[C@]23CNC(=O)[C@@H](C)CCCCCc4cc(CCC(C)C)cc5c(C(C)=O)cn(c45)CC(=O)N1[C@@H]2C3. The number of amides is 2. The van der Waals surface area contributed by atoms with Crippen molar-refractivity contribution in [2.75, 3.05) is 6.54 Å². The minimum absolute atomic E-state index is 0.00134. The lowest BCUT2D eigenvalue weighted by molar-refractivity contribution is -0.139. The highest BCUT2D eigenvalue weighted by Crippen LogP contribution is 2.59. The fourth-order valence-corrected chi connectivity index (χ4v) is 7.28. The molecule has 0 unspecified atom stereocenters. The van der Waals surface area contributed by atoms with Gasteiger partial charge in [0.05, 0.1) is 11.6 Å². The van der Waals surface area contributed by atoms with Gasteiger partial charge in [-0.05, 0) is 75.0 Å². The first-order valence-corrected chi connectivity index (χ1v) is 15.8. The van der Waals surface area contributed by atoms with Crippen LogP contribution in [0.25, 0.3) is 10.9 Å². The van der Waals surface area contributed by atoms with Crippen molar-refractivity contribution in [1.29, 1.82) is 0 Å². The molecule has 4 atom stereocenters. The standard InChI is InChI=1S/C34H47N3O4/c1-6-29(39)28-16-34-17-30(34)37(28)31(40)19-36-18-27(23(5)38)26-15-24(13-12-21(2)3)14-25(32(26)36)11-9-7-8-10-22(4)33(41)35-20-34/h14-15,18,21-22,28,30H,6-13,16-17,19-20H2,1-5H3,(H,35,41)/t22-,28-,30+,34-/m0/s1. The Bertz CT molecular complexity index is 1360. The number of aromatic nitrogens is 1. The Kier molecular flexibility index (Phi) is 8.45. The van der Waals surface area contributed by atoms with E-state index in [0.29, 0.717) is 30.9 Å². The zero-order chi connectivity index (χ0) is 29.5. The average Bonchev–Trinajstić information content (AvgIpc) is 3.35. The van der Waals surface area contributed by atoms with Gasteiger partial charge in [-0.2, -0.15) is 0 Å². The van der Waals surface area contributed by atoms with Crippen LogP contribution in [0.1, 0.15) is 107 Å². The molecule has 3 aliphatic rings. The molecule has 2 aliphatic heterocycles. The number of nitrogens with one attached hydrogen (secondary N) is 1. The van der Waals surface area contributed by atoms with Crippen molar-refractivity contribution in [3.8, 4) is 0 Å². The molecule has 0 spiro atoms. The Morgan fingerprint density at radius 2 is 1.90 bits per heavy atom. The van der Waals surface area contributed by atoms with Gasteiger partial charge in [0.25, 0.3) is 0 Å². The van der Waals surface area contributed by atoms with Crippen molar-refractivity contribution >= 4 is 34.3 Å². The molecule has 7 heteroatoms. The molecule has 2 amide bonds. The van der Waals surface area contributed by atoms with Crippen molar-refractivity contribution in [2.45, 2.75) is 117 Å². The summed E-state index contributed by atoms with van der Waals surface area (Å²) in [5.74, 6) is 0.599. The number of ketones is 2. The van der Waals surface area contributed by atoms with E-state index in [4.69, 9.17) is 0 Å². The lowest BCUT2D eigenvalue weighted by atomic mass is 9.94. The zero-order valence-electron chi connectivity index (χ0n) is 25.6. The summed E-state index contributed by atoms with van der Waals surface area (Å²) in [4.78, 5) is 54.7. The molecule has 7 nitrogen and oxygen atoms in total. The Morgan fingerprint density at radius 1 is 1.12 bits per heavy atom. The zero-order valence-corrected chi connectivity index (χ0v) is 25.6. The Hall–Kier alpha value is -2.96. The topological polar surface area (TPSA) is 88.5 Å². The fraction of sp³-hybridized carbons (Fsp3) is 0.647. The third-order valence-electron chi connectivity index (χ3n) is 9.88. The van der Waals surface area contributed by atoms with E-state index in [1.54, 1.807) is 6.92 Å². The van der Waals surface area contributed by atoms with Crippen molar-refractivity contribution in [2.24, 2.45) is 17.3 Å². The fourth-order valence-electron chi connectivity index (χ4n) is 7.28. The number of Topliss-reactive ketones (excluding diaryl/α,β-unsaturated/α-hetero) is 2. The van der Waals surface area contributed by atoms with Crippen LogP contribution in [0, 0.1) is 17.3 Å². The Labute approximate surface area is 244 Å². The van der Waals surface area contributed by atoms with Gasteiger partial charge in [0.15, 0.2) is 11.6 Å². The second kappa shape index (κ2) is 11.7. The number of carbonyl (C=O) groups excluding carboxylic acids is 4. The van der Waals surface area contributed by atoms with E-state index < -0.39 is 6.04 Å². The molecular formula is C34H47N3O4. The third kappa shape index (κ3) is 5.87. The monoisotopic (exact) mass is 561 g/mol. The molecule has 1 saturated carbocycles. The van der Waals surface area contributed by atoms with Gasteiger partial charge in [0.1, 0.15) is 6.54 Å². The second-order valence-electron chi connectivity index (χ2n) is 13.5. The third-order valence-corrected chi connectivity index (χ3v) is 9.88. The minimum Gasteiger partial charge on any atom is -0.355 e. The number of carbonyl (C=O) groups is 4. The van der Waals surface area contributed by atoms with E-state index >= 15 is 0 Å². The van der Waals surface area contributed by atoms with Crippen LogP contribution in [-0.2, 0) is 33.8 Å². The largest absolute Gasteiger partial charge is 0.355 e. The number of benzene rings is 1. The van der Waals surface area contributed by atoms with Gasteiger partial charge in [0.2, 0.25) is 11.8 Å². The molecule has 0 radical (unpaired) electrons. The van der Waals surface area contributed by atoms with Gasteiger partial charge in [-0.3, -0.25) is 19.2 Å². The number of nitrogens with zero attached hydrogens (tertiary/aromatic N) is 2. The predicted octanol–water partition coefficient (Wildman–Crippen LogP) is 5.64. The lowest BCUT2D eigenvalue weighted by Gasteiger charge is -2.27. The first-order chi connectivity index (χ1) is 19.5. The van der Waals surface area contributed by atoms with Crippen molar-refractivity contribution in [1.82, 2.24) is 14.8 Å². The Morgan fingerprint density at radius 3 is 2.61 bits per heavy atom. The number of aryl methyl sites for hydroxylation is 2. The van der Waals surface area contributed by atoms with Crippen molar-refractivity contribution in [3.63, 3.8) is 0 Å². The molecule has 222 valence electrons. The summed E-state index contributed by atoms with van der Waals surface area (Å²) in [6.45, 7) is 10.5. The summed E-state index contributed by atoms with van der Waals surface area (Å²) >= 11 is 0. The molecule has 1 aromatic heterocycles. The van der Waals surface area contributed by atoms with E-state index in [9.17, 15) is 19.2 Å². The van der Waals surface area contributed by atoms with Crippen LogP contribution in [0.2, 0.25) is 0 Å². The second-order valence-corrected chi connectivity index (χ2v) is 13.5. The van der Waals surface area contributed by atoms with Crippen LogP contribution in [0.4, 0.5) is 0 Å². The highest BCUT2D eigenvalue weighted by Gasteiger charge is 2.66. The summed E-state index contributed by atoms with van der Waals surface area (Å²) in [7, 11) is 0. The molecule has 5 rings (SSSR count). The van der Waals surface area contributed by atoms with Gasteiger partial charge < -0.3 is 14.8 Å². The molecule has 2 bridgehead atoms. The molecular weight excluding hydrogens is 514 g/mol. The summed E-state index contributed by atoms with van der Waals surface area (Å²) in [5.41, 5.74) is 3.84. The van der Waals surface area contributed by atoms with Gasteiger partial charge in [-0.25, -0.2) is 0 Å². The average molecular weight is 562 g/mol. The summed E-state index contributed by atoms with van der Waals surface area (Å²) in [5, 5.41) is 4.11. The molecule has 1 aliphatic carbocycles. The number of piperidine rings is 1. The highest BCUT2D eigenvalue weighted by atomic mass is 16.2. The number of rotatable bonds is 6. The van der Waals surface area contributed by atoms with Crippen LogP contribution in [0.3, 0.4) is 0 Å². The molecule has 1 N–H and O–H groups in total. The van der Waals surface area contributed by atoms with Crippen LogP contribution in [0.5, 0.6) is 0 Å². The van der Waals surface area contributed by atoms with E-state index in [1.165, 1.54) is 11.1 Å². The molecule has 2 fully saturated rings. The normalized spacial score (nSPS) is 27.1. The van der Waals surface area contributed by atoms with E-state index in [-0.39, 0.29) is 47.3 Å². The van der Waals surface area contributed by atoms with Crippen molar-refractivity contribution < 1.29 is 19.2 Å². The van der Waals surface area contributed by atoms with Crippen LogP contribution >= 0.6 is 0 Å². The van der Waals surface area contributed by atoms with E-state index in [0.717, 1.165) is 62.3 Å². The predicted molar refractivity (Wildman–Crippen MR) is 161 cm³/mol. The minimum atomic E-state index is -0.448. The number of hydrogen-bond donors (Lipinski definition) is 1. The van der Waals surface area contributed by atoms with Gasteiger partial charge in [-0.1, -0.05) is 46.6 Å². The molecule has 41 heavy (non-hydrogen) atoms. The first-order valence-electron chi connectivity index (χ1n) is 15.8. The maximum atomic E-state index is 14.1. The lowest BCUT2D eigenvalue weighted by Crippen LogP contribution is -2.44. The van der Waals surface area contributed by atoms with Gasteiger partial charge in [-0.15, -0.1) is 0 Å². The van der Waals surface area contributed by atoms with E-state index in [2.05, 4.69) is 31.3 Å². The van der Waals surface area contributed by atoms with Crippen LogP contribution in [-0.4, -0.2) is 51.5 Å². The summed E-state index contributed by atoms with van der Waals surface area (Å²) in [6, 6.07) is 3.96. The van der Waals surface area contributed by atoms with Crippen LogP contribution < -0.4 is 5.32 Å². The van der Waals surface area contributed by atoms with Crippen molar-refractivity contribution in [3.05, 3.63) is 35.0 Å². The van der Waals surface area contributed by atoms with Gasteiger partial charge in [0, 0.05) is 47.5 Å². The summed E-state index contributed by atoms with van der Waals surface area (Å²) < 4.78 is 1.98. The molecule has 3 heterocycles. The van der Waals surface area contributed by atoms with E-state index in [1.807, 2.05) is 29.5 Å². The maximum absolute atomic E-state index is 14.1. The maximum Gasteiger partial charge on any atom is 0.243 e. The smallest absolute Gasteiger partial charge is 0.243 e. The first kappa shape index (κ1) is 29.5. The number of hydrogen-bond acceptors (Lipinski definition) is 4. The molecule has 1 aromatic carbocycles. The Balaban J connectivity index is 1.56. The molecule has 1 saturated heterocycles. The van der Waals surface area contributed by atoms with Gasteiger partial charge >= 0.3 is 0 Å². The quantitative estimate of drug-likeness (QED) is 0.463.